The quantitative estimate of drug-likeness (QED) is 0.525. The molecule has 1 fully saturated rings. The zero-order valence-corrected chi connectivity index (χ0v) is 20.1. The van der Waals surface area contributed by atoms with Crippen LogP contribution in [0.3, 0.4) is 0 Å². The van der Waals surface area contributed by atoms with Gasteiger partial charge in [-0.25, -0.2) is 9.97 Å². The predicted octanol–water partition coefficient (Wildman–Crippen LogP) is 3.12. The third kappa shape index (κ3) is 6.19. The first-order valence-corrected chi connectivity index (χ1v) is 10.9. The number of carbonyl (C=O) groups excluding carboxylic acids is 1. The highest BCUT2D eigenvalue weighted by Gasteiger charge is 2.17. The summed E-state index contributed by atoms with van der Waals surface area (Å²) < 4.78 is 11.4. The van der Waals surface area contributed by atoms with Crippen LogP contribution in [0.1, 0.15) is 21.6 Å². The van der Waals surface area contributed by atoms with E-state index >= 15 is 0 Å². The molecule has 1 aliphatic rings. The minimum atomic E-state index is -0.438. The van der Waals surface area contributed by atoms with Crippen molar-refractivity contribution in [1.82, 2.24) is 19.9 Å². The number of hydrogen-bond donors (Lipinski definition) is 2. The van der Waals surface area contributed by atoms with E-state index in [1.54, 1.807) is 30.7 Å². The molecule has 1 aromatic carbocycles. The molecule has 180 valence electrons. The highest BCUT2D eigenvalue weighted by molar-refractivity contribution is 6.05. The monoisotopic (exact) mass is 484 g/mol. The Morgan fingerprint density at radius 1 is 1.21 bits per heavy atom. The van der Waals surface area contributed by atoms with Gasteiger partial charge in [-0.05, 0) is 49.2 Å². The number of aryl methyl sites for hydroxylation is 2. The molecular weight excluding hydrogens is 456 g/mol. The molecule has 1 amide bonds. The van der Waals surface area contributed by atoms with E-state index in [4.69, 9.17) is 15.2 Å². The van der Waals surface area contributed by atoms with Gasteiger partial charge >= 0.3 is 0 Å². The fourth-order valence-corrected chi connectivity index (χ4v) is 3.65. The lowest BCUT2D eigenvalue weighted by Crippen LogP contribution is -2.38. The third-order valence-electron chi connectivity index (χ3n) is 5.50. The Hall–Kier alpha value is -3.27. The lowest BCUT2D eigenvalue weighted by Gasteiger charge is -2.26. The van der Waals surface area contributed by atoms with Gasteiger partial charge in [-0.2, -0.15) is 0 Å². The van der Waals surface area contributed by atoms with Gasteiger partial charge in [0, 0.05) is 31.4 Å². The molecule has 0 spiro atoms. The molecule has 0 atom stereocenters. The van der Waals surface area contributed by atoms with Crippen molar-refractivity contribution in [2.24, 2.45) is 0 Å². The number of pyridine rings is 1. The second-order valence-corrected chi connectivity index (χ2v) is 7.92. The van der Waals surface area contributed by atoms with Gasteiger partial charge in [0.15, 0.2) is 11.5 Å². The van der Waals surface area contributed by atoms with Crippen molar-refractivity contribution in [3.8, 4) is 17.0 Å². The molecule has 0 bridgehead atoms. The number of nitrogens with zero attached hydrogens (tertiary/aromatic N) is 4. The maximum atomic E-state index is 12.7. The molecule has 0 radical (unpaired) electrons. The topological polar surface area (TPSA) is 115 Å². The Morgan fingerprint density at radius 2 is 2.00 bits per heavy atom. The van der Waals surface area contributed by atoms with Crippen molar-refractivity contribution >= 4 is 29.8 Å². The lowest BCUT2D eigenvalue weighted by molar-refractivity contribution is 0.0322. The van der Waals surface area contributed by atoms with E-state index in [2.05, 4.69) is 25.2 Å². The predicted molar refractivity (Wildman–Crippen MR) is 134 cm³/mol. The molecule has 1 aliphatic heterocycles. The molecule has 0 aliphatic carbocycles. The van der Waals surface area contributed by atoms with Gasteiger partial charge in [-0.15, -0.1) is 12.4 Å². The second-order valence-electron chi connectivity index (χ2n) is 7.92. The Kier molecular flexibility index (Phi) is 8.75. The van der Waals surface area contributed by atoms with E-state index in [1.165, 1.54) is 0 Å². The van der Waals surface area contributed by atoms with Crippen LogP contribution in [0.4, 0.5) is 11.5 Å². The largest absolute Gasteiger partial charge is 0.492 e. The zero-order valence-electron chi connectivity index (χ0n) is 19.3. The fourth-order valence-electron chi connectivity index (χ4n) is 3.65. The van der Waals surface area contributed by atoms with Crippen molar-refractivity contribution in [2.45, 2.75) is 13.8 Å². The van der Waals surface area contributed by atoms with Crippen LogP contribution in [0.2, 0.25) is 0 Å². The van der Waals surface area contributed by atoms with Gasteiger partial charge in [0.25, 0.3) is 5.91 Å². The number of amides is 1. The summed E-state index contributed by atoms with van der Waals surface area (Å²) in [4.78, 5) is 27.8. The standard InChI is InChI=1S/C24H28N6O3.ClH/c1-16-13-21(33-11-8-30-6-9-32-10-7-30)17(2)12-19(16)20-15-27-23(25)22(29-20)24(31)28-18-4-3-5-26-14-18;/h3-5,12-15H,6-11H2,1-2H3,(H2,25,27)(H,28,31);1H. The Balaban J connectivity index is 0.00000324. The van der Waals surface area contributed by atoms with E-state index in [0.29, 0.717) is 18.0 Å². The maximum Gasteiger partial charge on any atom is 0.278 e. The van der Waals surface area contributed by atoms with Gasteiger partial charge in [-0.3, -0.25) is 14.7 Å². The fraction of sp³-hybridized carbons (Fsp3) is 0.333. The van der Waals surface area contributed by atoms with Gasteiger partial charge in [0.05, 0.1) is 37.0 Å². The van der Waals surface area contributed by atoms with Crippen LogP contribution in [0, 0.1) is 13.8 Å². The van der Waals surface area contributed by atoms with Crippen LogP contribution >= 0.6 is 12.4 Å². The van der Waals surface area contributed by atoms with Crippen LogP contribution in [0.15, 0.2) is 42.9 Å². The zero-order chi connectivity index (χ0) is 23.2. The number of morpholine rings is 1. The van der Waals surface area contributed by atoms with Crippen LogP contribution in [-0.2, 0) is 4.74 Å². The average molecular weight is 485 g/mol. The van der Waals surface area contributed by atoms with Crippen molar-refractivity contribution in [2.75, 3.05) is 50.5 Å². The third-order valence-corrected chi connectivity index (χ3v) is 5.50. The SMILES string of the molecule is Cc1cc(-c2cnc(N)c(C(=O)Nc3cccnc3)n2)c(C)cc1OCCN1CCOCC1.Cl. The van der Waals surface area contributed by atoms with Gasteiger partial charge in [-0.1, -0.05) is 0 Å². The summed E-state index contributed by atoms with van der Waals surface area (Å²) in [6.07, 6.45) is 4.76. The van der Waals surface area contributed by atoms with Crippen LogP contribution in [0.25, 0.3) is 11.3 Å². The molecule has 3 heterocycles. The number of aromatic nitrogens is 3. The van der Waals surface area contributed by atoms with E-state index in [0.717, 1.165) is 55.3 Å². The number of benzene rings is 1. The van der Waals surface area contributed by atoms with Gasteiger partial charge in [0.2, 0.25) is 0 Å². The molecule has 0 unspecified atom stereocenters. The smallest absolute Gasteiger partial charge is 0.278 e. The number of halogens is 1. The molecule has 9 nitrogen and oxygen atoms in total. The number of nitrogens with one attached hydrogen (secondary N) is 1. The molecule has 4 rings (SSSR count). The number of ether oxygens (including phenoxy) is 2. The first-order chi connectivity index (χ1) is 16.0. The Labute approximate surface area is 205 Å². The van der Waals surface area contributed by atoms with Crippen molar-refractivity contribution < 1.29 is 14.3 Å². The number of carbonyl (C=O) groups is 1. The van der Waals surface area contributed by atoms with Gasteiger partial charge in [0.1, 0.15) is 12.4 Å². The Morgan fingerprint density at radius 3 is 2.74 bits per heavy atom. The second kappa shape index (κ2) is 11.7. The summed E-state index contributed by atoms with van der Waals surface area (Å²) >= 11 is 0. The first kappa shape index (κ1) is 25.4. The summed E-state index contributed by atoms with van der Waals surface area (Å²) in [5.41, 5.74) is 9.97. The summed E-state index contributed by atoms with van der Waals surface area (Å²) in [7, 11) is 0. The molecular formula is C24H29ClN6O3. The van der Waals surface area contributed by atoms with E-state index < -0.39 is 5.91 Å². The summed E-state index contributed by atoms with van der Waals surface area (Å²) in [6, 6.07) is 7.47. The molecule has 3 N–H and O–H groups in total. The van der Waals surface area contributed by atoms with Crippen LogP contribution < -0.4 is 15.8 Å². The molecule has 2 aromatic heterocycles. The van der Waals surface area contributed by atoms with Crippen molar-refractivity contribution in [3.05, 3.63) is 59.7 Å². The van der Waals surface area contributed by atoms with Crippen molar-refractivity contribution in [1.29, 1.82) is 0 Å². The number of anilines is 2. The number of rotatable bonds is 7. The molecule has 1 saturated heterocycles. The molecule has 3 aromatic rings. The van der Waals surface area contributed by atoms with E-state index in [9.17, 15) is 4.79 Å². The summed E-state index contributed by atoms with van der Waals surface area (Å²) in [5, 5.41) is 2.75. The van der Waals surface area contributed by atoms with E-state index in [1.807, 2.05) is 26.0 Å². The average Bonchev–Trinajstić information content (AvgIpc) is 2.83. The minimum Gasteiger partial charge on any atom is -0.492 e. The van der Waals surface area contributed by atoms with Crippen LogP contribution in [0.5, 0.6) is 5.75 Å². The molecule has 10 heteroatoms. The number of nitrogens with two attached hydrogens (primary N) is 1. The maximum absolute atomic E-state index is 12.7. The highest BCUT2D eigenvalue weighted by atomic mass is 35.5. The van der Waals surface area contributed by atoms with Crippen LogP contribution in [-0.4, -0.2) is 65.2 Å². The first-order valence-electron chi connectivity index (χ1n) is 10.9. The van der Waals surface area contributed by atoms with E-state index in [-0.39, 0.29) is 23.9 Å². The minimum absolute atomic E-state index is 0. The van der Waals surface area contributed by atoms with Crippen molar-refractivity contribution in [3.63, 3.8) is 0 Å². The number of nitrogen functional groups attached to an aromatic ring is 1. The summed E-state index contributed by atoms with van der Waals surface area (Å²) in [5.74, 6) is 0.465. The normalized spacial score (nSPS) is 13.7. The Bertz CT molecular complexity index is 1120. The number of hydrogen-bond acceptors (Lipinski definition) is 8. The van der Waals surface area contributed by atoms with Gasteiger partial charge < -0.3 is 20.5 Å². The molecule has 34 heavy (non-hydrogen) atoms. The summed E-state index contributed by atoms with van der Waals surface area (Å²) in [6.45, 7) is 8.88. The lowest BCUT2D eigenvalue weighted by atomic mass is 10.0. The highest BCUT2D eigenvalue weighted by Crippen LogP contribution is 2.29. The molecule has 0 saturated carbocycles.